The van der Waals surface area contributed by atoms with Gasteiger partial charge < -0.3 is 0 Å². The number of hydrogen-bond donors (Lipinski definition) is 0. The van der Waals surface area contributed by atoms with Crippen molar-refractivity contribution in [3.05, 3.63) is 17.6 Å². The molecule has 0 spiro atoms. The van der Waals surface area contributed by atoms with Crippen LogP contribution in [-0.2, 0) is 0 Å². The Morgan fingerprint density at radius 3 is 2.31 bits per heavy atom. The Morgan fingerprint density at radius 2 is 1.62 bits per heavy atom. The number of allylic oxidation sites excluding steroid dienone is 2. The van der Waals surface area contributed by atoms with Crippen molar-refractivity contribution < 1.29 is 0 Å². The van der Waals surface area contributed by atoms with Gasteiger partial charge in [0.05, 0.1) is 0 Å². The normalized spacial score (nSPS) is 25.7. The highest BCUT2D eigenvalue weighted by Gasteiger charge is 2.16. The lowest BCUT2D eigenvalue weighted by atomic mass is 9.82. The predicted molar refractivity (Wildman–Crippen MR) is 57.5 cm³/mol. The summed E-state index contributed by atoms with van der Waals surface area (Å²) in [5, 5.41) is 0. The Labute approximate surface area is 82.4 Å². The van der Waals surface area contributed by atoms with E-state index in [2.05, 4.69) is 6.08 Å². The maximum atomic E-state index is 2.51. The predicted octanol–water partition coefficient (Wildman–Crippen LogP) is 4.42. The summed E-state index contributed by atoms with van der Waals surface area (Å²) >= 11 is 0. The highest BCUT2D eigenvalue weighted by atomic mass is 14.2. The second-order valence-electron chi connectivity index (χ2n) is 4.60. The Bertz CT molecular complexity index is 172. The van der Waals surface area contributed by atoms with Gasteiger partial charge >= 0.3 is 0 Å². The maximum Gasteiger partial charge on any atom is -0.0201 e. The first-order chi connectivity index (χ1) is 6.45. The fourth-order valence-electron chi connectivity index (χ4n) is 2.61. The van der Waals surface area contributed by atoms with E-state index in [4.69, 9.17) is 0 Å². The van der Waals surface area contributed by atoms with Crippen LogP contribution in [0.1, 0.15) is 64.2 Å². The van der Waals surface area contributed by atoms with E-state index >= 15 is 0 Å². The van der Waals surface area contributed by atoms with E-state index in [1.54, 1.807) is 5.57 Å². The van der Waals surface area contributed by atoms with Gasteiger partial charge in [0.25, 0.3) is 0 Å². The van der Waals surface area contributed by atoms with E-state index in [-0.39, 0.29) is 0 Å². The van der Waals surface area contributed by atoms with Crippen LogP contribution < -0.4 is 0 Å². The van der Waals surface area contributed by atoms with Gasteiger partial charge in [-0.1, -0.05) is 30.9 Å². The summed E-state index contributed by atoms with van der Waals surface area (Å²) in [4.78, 5) is 0. The van der Waals surface area contributed by atoms with Crippen molar-refractivity contribution in [1.29, 1.82) is 0 Å². The van der Waals surface area contributed by atoms with Gasteiger partial charge in [-0.25, -0.2) is 0 Å². The Kier molecular flexibility index (Phi) is 3.46. The second kappa shape index (κ2) is 4.83. The van der Waals surface area contributed by atoms with E-state index < -0.39 is 0 Å². The highest BCUT2D eigenvalue weighted by molar-refractivity contribution is 5.13. The molecule has 0 heterocycles. The summed E-state index contributed by atoms with van der Waals surface area (Å²) < 4.78 is 0. The summed E-state index contributed by atoms with van der Waals surface area (Å²) in [5.74, 6) is 1.85. The first kappa shape index (κ1) is 9.30. The van der Waals surface area contributed by atoms with E-state index in [1.807, 2.05) is 5.92 Å². The molecule has 2 rings (SSSR count). The zero-order chi connectivity index (χ0) is 8.93. The molecule has 2 aliphatic carbocycles. The Hall–Kier alpha value is -0.260. The van der Waals surface area contributed by atoms with Crippen LogP contribution >= 0.6 is 0 Å². The van der Waals surface area contributed by atoms with Crippen molar-refractivity contribution in [2.24, 2.45) is 0 Å². The molecule has 2 aliphatic rings. The molecular formula is C13H21. The lowest BCUT2D eigenvalue weighted by Crippen LogP contribution is -2.06. The fourth-order valence-corrected chi connectivity index (χ4v) is 2.61. The molecule has 0 bridgehead atoms. The molecule has 1 radical (unpaired) electrons. The molecule has 1 fully saturated rings. The largest absolute Gasteiger partial charge is 0.0853 e. The van der Waals surface area contributed by atoms with Crippen molar-refractivity contribution >= 4 is 0 Å². The lowest BCUT2D eigenvalue weighted by molar-refractivity contribution is 0.512. The molecule has 73 valence electrons. The number of hydrogen-bond acceptors (Lipinski definition) is 0. The average molecular weight is 177 g/mol. The summed E-state index contributed by atoms with van der Waals surface area (Å²) in [6.45, 7) is 0. The molecule has 0 amide bonds. The van der Waals surface area contributed by atoms with Crippen LogP contribution in [0.3, 0.4) is 0 Å². The zero-order valence-corrected chi connectivity index (χ0v) is 8.65. The summed E-state index contributed by atoms with van der Waals surface area (Å²) in [7, 11) is 0. The third kappa shape index (κ3) is 2.86. The smallest absolute Gasteiger partial charge is 0.0201 e. The van der Waals surface area contributed by atoms with E-state index in [0.717, 1.165) is 0 Å². The van der Waals surface area contributed by atoms with Gasteiger partial charge in [-0.05, 0) is 50.9 Å². The molecule has 0 unspecified atom stereocenters. The molecule has 0 aromatic heterocycles. The lowest BCUT2D eigenvalue weighted by Gasteiger charge is -2.23. The molecule has 0 heteroatoms. The van der Waals surface area contributed by atoms with Gasteiger partial charge in [0.1, 0.15) is 0 Å². The van der Waals surface area contributed by atoms with Crippen molar-refractivity contribution in [1.82, 2.24) is 0 Å². The maximum absolute atomic E-state index is 2.51. The van der Waals surface area contributed by atoms with Crippen LogP contribution in [0, 0.1) is 5.92 Å². The molecule has 0 aliphatic heterocycles. The summed E-state index contributed by atoms with van der Waals surface area (Å²) in [6, 6.07) is 0. The SMILES string of the molecule is C1=C(C[C]2CCCCC2)CCCC1. The fraction of sp³-hybridized carbons (Fsp3) is 0.769. The molecule has 0 aromatic carbocycles. The molecular weight excluding hydrogens is 156 g/mol. The van der Waals surface area contributed by atoms with Gasteiger partial charge in [0, 0.05) is 0 Å². The van der Waals surface area contributed by atoms with Crippen LogP contribution in [-0.4, -0.2) is 0 Å². The topological polar surface area (TPSA) is 0 Å². The van der Waals surface area contributed by atoms with Crippen molar-refractivity contribution in [2.75, 3.05) is 0 Å². The molecule has 1 saturated carbocycles. The van der Waals surface area contributed by atoms with Crippen LogP contribution in [0.2, 0.25) is 0 Å². The summed E-state index contributed by atoms with van der Waals surface area (Å²) in [6.07, 6.45) is 16.7. The van der Waals surface area contributed by atoms with E-state index in [1.165, 1.54) is 64.2 Å². The molecule has 0 nitrogen and oxygen atoms in total. The average Bonchev–Trinajstić information content (AvgIpc) is 2.21. The van der Waals surface area contributed by atoms with Crippen LogP contribution in [0.25, 0.3) is 0 Å². The zero-order valence-electron chi connectivity index (χ0n) is 8.65. The Morgan fingerprint density at radius 1 is 0.846 bits per heavy atom. The molecule has 0 atom stereocenters. The minimum Gasteiger partial charge on any atom is -0.0853 e. The molecule has 0 saturated heterocycles. The van der Waals surface area contributed by atoms with Crippen LogP contribution in [0.5, 0.6) is 0 Å². The van der Waals surface area contributed by atoms with E-state index in [0.29, 0.717) is 0 Å². The van der Waals surface area contributed by atoms with Gasteiger partial charge in [-0.3, -0.25) is 0 Å². The second-order valence-corrected chi connectivity index (χ2v) is 4.60. The van der Waals surface area contributed by atoms with Gasteiger partial charge in [0.2, 0.25) is 0 Å². The molecule has 0 aromatic rings. The summed E-state index contributed by atoms with van der Waals surface area (Å²) in [5.41, 5.74) is 1.75. The monoisotopic (exact) mass is 177 g/mol. The van der Waals surface area contributed by atoms with Crippen LogP contribution in [0.4, 0.5) is 0 Å². The minimum atomic E-state index is 1.35. The van der Waals surface area contributed by atoms with Gasteiger partial charge in [-0.15, -0.1) is 0 Å². The highest BCUT2D eigenvalue weighted by Crippen LogP contribution is 2.33. The van der Waals surface area contributed by atoms with Gasteiger partial charge in [-0.2, -0.15) is 0 Å². The first-order valence-corrected chi connectivity index (χ1v) is 5.96. The Balaban J connectivity index is 1.78. The standard InChI is InChI=1S/C13H21/c1-3-7-12(8-4-1)11-13-9-5-2-6-10-13/h7H,1-6,8-11H2. The number of rotatable bonds is 2. The molecule has 13 heavy (non-hydrogen) atoms. The van der Waals surface area contributed by atoms with Crippen molar-refractivity contribution in [3.8, 4) is 0 Å². The minimum absolute atomic E-state index is 1.35. The molecule has 0 N–H and O–H groups in total. The third-order valence-electron chi connectivity index (χ3n) is 3.42. The van der Waals surface area contributed by atoms with Crippen molar-refractivity contribution in [2.45, 2.75) is 64.2 Å². The first-order valence-electron chi connectivity index (χ1n) is 5.96. The van der Waals surface area contributed by atoms with Gasteiger partial charge in [0.15, 0.2) is 0 Å². The quantitative estimate of drug-likeness (QED) is 0.548. The van der Waals surface area contributed by atoms with Crippen LogP contribution in [0.15, 0.2) is 11.6 Å². The third-order valence-corrected chi connectivity index (χ3v) is 3.42. The van der Waals surface area contributed by atoms with Crippen molar-refractivity contribution in [3.63, 3.8) is 0 Å². The van der Waals surface area contributed by atoms with E-state index in [9.17, 15) is 0 Å².